The minimum Gasteiger partial charge on any atom is -0.545 e. The summed E-state index contributed by atoms with van der Waals surface area (Å²) in [6.45, 7) is 0. The van der Waals surface area contributed by atoms with Crippen LogP contribution < -0.4 is 34.7 Å². The molecule has 0 saturated carbocycles. The molecule has 0 fully saturated rings. The number of benzene rings is 3. The van der Waals surface area contributed by atoms with Crippen molar-refractivity contribution in [1.29, 1.82) is 0 Å². The van der Waals surface area contributed by atoms with Crippen molar-refractivity contribution in [3.63, 3.8) is 0 Å². The summed E-state index contributed by atoms with van der Waals surface area (Å²) in [6, 6.07) is 31.2. The molecule has 0 spiro atoms. The SMILES string of the molecule is O=C([O-])c1ccc(-n2c(-c3ccccc3)ccc2-c2ccccc2)cc1.[Na+]. The van der Waals surface area contributed by atoms with Crippen LogP contribution in [0.4, 0.5) is 0 Å². The number of aromatic nitrogens is 1. The van der Waals surface area contributed by atoms with Crippen molar-refractivity contribution in [2.75, 3.05) is 0 Å². The maximum Gasteiger partial charge on any atom is 1.00 e. The van der Waals surface area contributed by atoms with Gasteiger partial charge in [0.2, 0.25) is 0 Å². The zero-order valence-corrected chi connectivity index (χ0v) is 17.0. The number of hydrogen-bond donors (Lipinski definition) is 0. The van der Waals surface area contributed by atoms with Gasteiger partial charge in [-0.1, -0.05) is 72.8 Å². The minimum atomic E-state index is -1.17. The number of nitrogens with zero attached hydrogens (tertiary/aromatic N) is 1. The van der Waals surface area contributed by atoms with E-state index in [4.69, 9.17) is 0 Å². The van der Waals surface area contributed by atoms with Gasteiger partial charge in [-0.15, -0.1) is 0 Å². The Morgan fingerprint density at radius 2 is 1.07 bits per heavy atom. The molecule has 0 aliphatic carbocycles. The van der Waals surface area contributed by atoms with E-state index < -0.39 is 5.97 Å². The van der Waals surface area contributed by atoms with Crippen LogP contribution in [0.25, 0.3) is 28.2 Å². The number of rotatable bonds is 4. The topological polar surface area (TPSA) is 45.1 Å². The van der Waals surface area contributed by atoms with Gasteiger partial charge in [-0.3, -0.25) is 0 Å². The molecule has 0 aliphatic rings. The Bertz CT molecular complexity index is 982. The van der Waals surface area contributed by atoms with Gasteiger partial charge in [0.05, 0.1) is 17.4 Å². The molecule has 1 heterocycles. The van der Waals surface area contributed by atoms with Gasteiger partial charge >= 0.3 is 29.6 Å². The van der Waals surface area contributed by atoms with Gasteiger partial charge in [-0.2, -0.15) is 0 Å². The summed E-state index contributed by atoms with van der Waals surface area (Å²) in [5.74, 6) is -1.17. The van der Waals surface area contributed by atoms with Crippen molar-refractivity contribution in [1.82, 2.24) is 4.57 Å². The second kappa shape index (κ2) is 8.40. The molecule has 0 radical (unpaired) electrons. The quantitative estimate of drug-likeness (QED) is 0.513. The fourth-order valence-electron chi connectivity index (χ4n) is 3.13. The van der Waals surface area contributed by atoms with Crippen LogP contribution in [0.15, 0.2) is 97.1 Å². The predicted molar refractivity (Wildman–Crippen MR) is 101 cm³/mol. The van der Waals surface area contributed by atoms with Crippen LogP contribution in [0.2, 0.25) is 0 Å². The predicted octanol–water partition coefficient (Wildman–Crippen LogP) is 1.18. The van der Waals surface area contributed by atoms with Gasteiger partial charge in [-0.05, 0) is 41.0 Å². The summed E-state index contributed by atoms with van der Waals surface area (Å²) in [4.78, 5) is 11.1. The van der Waals surface area contributed by atoms with E-state index in [0.717, 1.165) is 28.2 Å². The van der Waals surface area contributed by atoms with Crippen LogP contribution in [0.5, 0.6) is 0 Å². The summed E-state index contributed by atoms with van der Waals surface area (Å²) in [5, 5.41) is 11.1. The standard InChI is InChI=1S/C23H17NO2.Na/c25-23(26)19-11-13-20(14-12-19)24-21(17-7-3-1-4-8-17)15-16-22(24)18-9-5-2-6-10-18;/h1-16H,(H,25,26);/q;+1/p-1. The maximum absolute atomic E-state index is 11.1. The van der Waals surface area contributed by atoms with Crippen molar-refractivity contribution in [2.45, 2.75) is 0 Å². The van der Waals surface area contributed by atoms with E-state index in [1.54, 1.807) is 12.1 Å². The first-order valence-corrected chi connectivity index (χ1v) is 8.38. The number of carbonyl (C=O) groups is 1. The molecule has 0 atom stereocenters. The third kappa shape index (κ3) is 3.91. The van der Waals surface area contributed by atoms with Gasteiger partial charge in [0, 0.05) is 5.69 Å². The van der Waals surface area contributed by atoms with Crippen molar-refractivity contribution in [2.24, 2.45) is 0 Å². The van der Waals surface area contributed by atoms with E-state index in [9.17, 15) is 9.90 Å². The van der Waals surface area contributed by atoms with Gasteiger partial charge < -0.3 is 14.5 Å². The van der Waals surface area contributed by atoms with Crippen LogP contribution in [0.3, 0.4) is 0 Å². The van der Waals surface area contributed by atoms with E-state index in [-0.39, 0.29) is 35.1 Å². The minimum absolute atomic E-state index is 0. The molecule has 3 aromatic carbocycles. The number of carboxylic acids is 1. The molecule has 0 N–H and O–H groups in total. The molecular weight excluding hydrogens is 345 g/mol. The smallest absolute Gasteiger partial charge is 0.545 e. The molecule has 1 aromatic heterocycles. The third-order valence-corrected chi connectivity index (χ3v) is 4.38. The fourth-order valence-corrected chi connectivity index (χ4v) is 3.13. The van der Waals surface area contributed by atoms with Crippen molar-refractivity contribution in [3.8, 4) is 28.2 Å². The van der Waals surface area contributed by atoms with Crippen molar-refractivity contribution >= 4 is 5.97 Å². The number of hydrogen-bond acceptors (Lipinski definition) is 2. The molecule has 126 valence electrons. The summed E-state index contributed by atoms with van der Waals surface area (Å²) in [5.41, 5.74) is 5.36. The first kappa shape index (κ1) is 19.2. The first-order chi connectivity index (χ1) is 12.7. The van der Waals surface area contributed by atoms with E-state index in [2.05, 4.69) is 41.0 Å². The van der Waals surface area contributed by atoms with E-state index in [1.165, 1.54) is 0 Å². The zero-order valence-electron chi connectivity index (χ0n) is 15.0. The molecule has 4 aromatic rings. The Morgan fingerprint density at radius 3 is 1.48 bits per heavy atom. The van der Waals surface area contributed by atoms with Crippen LogP contribution in [0, 0.1) is 0 Å². The Labute approximate surface area is 180 Å². The molecule has 0 amide bonds. The molecule has 0 aliphatic heterocycles. The second-order valence-corrected chi connectivity index (χ2v) is 6.01. The third-order valence-electron chi connectivity index (χ3n) is 4.38. The largest absolute Gasteiger partial charge is 1.00 e. The Morgan fingerprint density at radius 1 is 0.630 bits per heavy atom. The number of carbonyl (C=O) groups excluding carboxylic acids is 1. The average Bonchev–Trinajstić information content (AvgIpc) is 3.14. The molecule has 27 heavy (non-hydrogen) atoms. The van der Waals surface area contributed by atoms with Crippen LogP contribution in [0.1, 0.15) is 10.4 Å². The average molecular weight is 361 g/mol. The van der Waals surface area contributed by atoms with Gasteiger partial charge in [0.15, 0.2) is 0 Å². The number of aromatic carboxylic acids is 1. The fraction of sp³-hybridized carbons (Fsp3) is 0. The normalized spacial score (nSPS) is 10.2. The second-order valence-electron chi connectivity index (χ2n) is 6.01. The first-order valence-electron chi connectivity index (χ1n) is 8.38. The van der Waals surface area contributed by atoms with E-state index in [0.29, 0.717) is 0 Å². The molecular formula is C23H16NNaO2. The maximum atomic E-state index is 11.1. The monoisotopic (exact) mass is 361 g/mol. The molecule has 0 unspecified atom stereocenters. The molecule has 0 saturated heterocycles. The van der Waals surface area contributed by atoms with Gasteiger partial charge in [0.1, 0.15) is 0 Å². The van der Waals surface area contributed by atoms with Crippen molar-refractivity contribution in [3.05, 3.63) is 103 Å². The van der Waals surface area contributed by atoms with Crippen molar-refractivity contribution < 1.29 is 39.5 Å². The Balaban J connectivity index is 0.00000210. The van der Waals surface area contributed by atoms with E-state index in [1.807, 2.05) is 48.5 Å². The molecule has 3 nitrogen and oxygen atoms in total. The molecule has 4 heteroatoms. The van der Waals surface area contributed by atoms with Gasteiger partial charge in [0.25, 0.3) is 0 Å². The Hall–Kier alpha value is -2.59. The summed E-state index contributed by atoms with van der Waals surface area (Å²) < 4.78 is 2.14. The van der Waals surface area contributed by atoms with Gasteiger partial charge in [-0.25, -0.2) is 0 Å². The summed E-state index contributed by atoms with van der Waals surface area (Å²) >= 11 is 0. The zero-order chi connectivity index (χ0) is 17.9. The van der Waals surface area contributed by atoms with Crippen LogP contribution in [-0.4, -0.2) is 10.5 Å². The molecule has 0 bridgehead atoms. The summed E-state index contributed by atoms with van der Waals surface area (Å²) in [7, 11) is 0. The summed E-state index contributed by atoms with van der Waals surface area (Å²) in [6.07, 6.45) is 0. The Kier molecular flexibility index (Phi) is 5.97. The molecule has 4 rings (SSSR count). The van der Waals surface area contributed by atoms with Crippen LogP contribution in [-0.2, 0) is 0 Å². The van der Waals surface area contributed by atoms with E-state index >= 15 is 0 Å². The number of carboxylic acid groups (broad SMARTS) is 1. The van der Waals surface area contributed by atoms with Crippen LogP contribution >= 0.6 is 0 Å².